The monoisotopic (exact) mass is 366 g/mol. The highest BCUT2D eigenvalue weighted by Crippen LogP contribution is 2.32. The van der Waals surface area contributed by atoms with Crippen LogP contribution in [0.15, 0.2) is 35.5 Å². The number of amides is 2. The van der Waals surface area contributed by atoms with Crippen molar-refractivity contribution in [1.29, 1.82) is 0 Å². The smallest absolute Gasteiger partial charge is 0.338 e. The second-order valence-corrected chi connectivity index (χ2v) is 6.46. The molecule has 2 amide bonds. The maximum atomic E-state index is 12.7. The number of halogens is 1. The number of hydrogen-bond acceptors (Lipinski definition) is 4. The molecule has 0 saturated heterocycles. The zero-order valence-electron chi connectivity index (χ0n) is 14.8. The minimum Gasteiger partial charge on any atom is -0.460 e. The summed E-state index contributed by atoms with van der Waals surface area (Å²) in [5, 5.41) is 3.47. The molecule has 1 aromatic carbocycles. The molecule has 1 aromatic rings. The van der Waals surface area contributed by atoms with Crippen LogP contribution >= 0.6 is 11.6 Å². The maximum Gasteiger partial charge on any atom is 0.338 e. The van der Waals surface area contributed by atoms with Crippen molar-refractivity contribution < 1.29 is 19.1 Å². The first-order valence-electron chi connectivity index (χ1n) is 8.08. The van der Waals surface area contributed by atoms with Crippen LogP contribution < -0.4 is 5.32 Å². The molecule has 1 N–H and O–H groups in total. The number of rotatable bonds is 6. The summed E-state index contributed by atoms with van der Waals surface area (Å²) in [6, 6.07) is 6.09. The molecular formula is C18H23ClN2O4. The van der Waals surface area contributed by atoms with Gasteiger partial charge in [0.25, 0.3) is 0 Å². The number of benzene rings is 1. The molecule has 7 heteroatoms. The Hall–Kier alpha value is -2.05. The lowest BCUT2D eigenvalue weighted by atomic mass is 9.94. The third-order valence-electron chi connectivity index (χ3n) is 3.99. The van der Waals surface area contributed by atoms with Crippen molar-refractivity contribution in [3.8, 4) is 0 Å². The Morgan fingerprint density at radius 2 is 1.92 bits per heavy atom. The minimum atomic E-state index is -0.588. The Balaban J connectivity index is 2.43. The number of allylic oxidation sites excluding steroid dienone is 1. The van der Waals surface area contributed by atoms with Gasteiger partial charge in [-0.05, 0) is 38.5 Å². The zero-order chi connectivity index (χ0) is 18.6. The van der Waals surface area contributed by atoms with E-state index in [9.17, 15) is 9.59 Å². The van der Waals surface area contributed by atoms with Crippen molar-refractivity contribution in [3.63, 3.8) is 0 Å². The number of carbonyl (C=O) groups is 2. The SMILES string of the molecule is COCCOC(=O)C1=C(C)N(C(C)C)C(=O)N[C@@H]1c1ccc(Cl)cc1. The topological polar surface area (TPSA) is 67.9 Å². The van der Waals surface area contributed by atoms with Gasteiger partial charge in [0, 0.05) is 23.9 Å². The van der Waals surface area contributed by atoms with Gasteiger partial charge in [-0.1, -0.05) is 23.7 Å². The fourth-order valence-corrected chi connectivity index (χ4v) is 2.97. The summed E-state index contributed by atoms with van der Waals surface area (Å²) in [6.07, 6.45) is 0. The van der Waals surface area contributed by atoms with E-state index in [1.807, 2.05) is 13.8 Å². The third kappa shape index (κ3) is 4.32. The summed E-state index contributed by atoms with van der Waals surface area (Å²) in [4.78, 5) is 26.7. The van der Waals surface area contributed by atoms with E-state index in [0.29, 0.717) is 22.9 Å². The molecule has 136 valence electrons. The largest absolute Gasteiger partial charge is 0.460 e. The van der Waals surface area contributed by atoms with Gasteiger partial charge >= 0.3 is 12.0 Å². The van der Waals surface area contributed by atoms with Crippen LogP contribution in [0.5, 0.6) is 0 Å². The summed E-state index contributed by atoms with van der Waals surface area (Å²) < 4.78 is 10.2. The Morgan fingerprint density at radius 1 is 1.28 bits per heavy atom. The third-order valence-corrected chi connectivity index (χ3v) is 4.24. The number of esters is 1. The number of nitrogens with one attached hydrogen (secondary N) is 1. The van der Waals surface area contributed by atoms with Gasteiger partial charge in [-0.2, -0.15) is 0 Å². The molecule has 0 fully saturated rings. The highest BCUT2D eigenvalue weighted by Gasteiger charge is 2.37. The van der Waals surface area contributed by atoms with Crippen molar-refractivity contribution in [3.05, 3.63) is 46.1 Å². The molecule has 0 radical (unpaired) electrons. The normalized spacial score (nSPS) is 17.8. The molecule has 6 nitrogen and oxygen atoms in total. The molecule has 0 aromatic heterocycles. The molecule has 25 heavy (non-hydrogen) atoms. The Labute approximate surface area is 152 Å². The molecule has 0 bridgehead atoms. The number of nitrogens with zero attached hydrogens (tertiary/aromatic N) is 1. The highest BCUT2D eigenvalue weighted by atomic mass is 35.5. The van der Waals surface area contributed by atoms with Crippen LogP contribution in [-0.2, 0) is 14.3 Å². The van der Waals surface area contributed by atoms with E-state index >= 15 is 0 Å². The van der Waals surface area contributed by atoms with Crippen molar-refractivity contribution in [1.82, 2.24) is 10.2 Å². The molecule has 0 unspecified atom stereocenters. The molecule has 0 saturated carbocycles. The quantitative estimate of drug-likeness (QED) is 0.619. The first kappa shape index (κ1) is 19.3. The number of methoxy groups -OCH3 is 1. The van der Waals surface area contributed by atoms with E-state index in [1.165, 1.54) is 7.11 Å². The van der Waals surface area contributed by atoms with E-state index in [2.05, 4.69) is 5.32 Å². The Morgan fingerprint density at radius 3 is 2.48 bits per heavy atom. The van der Waals surface area contributed by atoms with E-state index < -0.39 is 12.0 Å². The molecule has 0 spiro atoms. The number of ether oxygens (including phenoxy) is 2. The van der Waals surface area contributed by atoms with Crippen molar-refractivity contribution in [2.24, 2.45) is 0 Å². The Kier molecular flexibility index (Phi) is 6.45. The van der Waals surface area contributed by atoms with Crippen LogP contribution in [-0.4, -0.2) is 43.3 Å². The van der Waals surface area contributed by atoms with Crippen molar-refractivity contribution in [2.75, 3.05) is 20.3 Å². The van der Waals surface area contributed by atoms with Crippen LogP contribution in [0.4, 0.5) is 4.79 Å². The van der Waals surface area contributed by atoms with Gasteiger partial charge in [0.15, 0.2) is 0 Å². The fourth-order valence-electron chi connectivity index (χ4n) is 2.84. The van der Waals surface area contributed by atoms with Crippen LogP contribution in [0.2, 0.25) is 5.02 Å². The van der Waals surface area contributed by atoms with Crippen LogP contribution in [0.1, 0.15) is 32.4 Å². The summed E-state index contributed by atoms with van der Waals surface area (Å²) in [7, 11) is 1.54. The van der Waals surface area contributed by atoms with Gasteiger partial charge in [-0.3, -0.25) is 4.90 Å². The first-order chi connectivity index (χ1) is 11.9. The number of hydrogen-bond donors (Lipinski definition) is 1. The van der Waals surface area contributed by atoms with E-state index in [-0.39, 0.29) is 18.7 Å². The van der Waals surface area contributed by atoms with Crippen LogP contribution in [0.25, 0.3) is 0 Å². The number of carbonyl (C=O) groups excluding carboxylic acids is 2. The van der Waals surface area contributed by atoms with Crippen LogP contribution in [0, 0.1) is 0 Å². The average molecular weight is 367 g/mol. The molecule has 0 aliphatic carbocycles. The van der Waals surface area contributed by atoms with Crippen molar-refractivity contribution >= 4 is 23.6 Å². The summed E-state index contributed by atoms with van der Waals surface area (Å²) >= 11 is 5.94. The summed E-state index contributed by atoms with van der Waals surface area (Å²) in [6.45, 7) is 5.99. The standard InChI is InChI=1S/C18H23ClN2O4/c1-11(2)21-12(3)15(17(22)25-10-9-24-4)16(20-18(21)23)13-5-7-14(19)8-6-13/h5-8,11,16H,9-10H2,1-4H3,(H,20,23)/t16-/m1/s1. The van der Waals surface area contributed by atoms with Crippen molar-refractivity contribution in [2.45, 2.75) is 32.9 Å². The lowest BCUT2D eigenvalue weighted by Gasteiger charge is -2.37. The lowest BCUT2D eigenvalue weighted by molar-refractivity contribution is -0.140. The minimum absolute atomic E-state index is 0.0899. The summed E-state index contributed by atoms with van der Waals surface area (Å²) in [5.74, 6) is -0.472. The highest BCUT2D eigenvalue weighted by molar-refractivity contribution is 6.30. The van der Waals surface area contributed by atoms with Gasteiger partial charge in [0.05, 0.1) is 18.2 Å². The molecular weight excluding hydrogens is 344 g/mol. The van der Waals surface area contributed by atoms with Gasteiger partial charge in [-0.25, -0.2) is 9.59 Å². The molecule has 1 aliphatic heterocycles. The second-order valence-electron chi connectivity index (χ2n) is 6.03. The zero-order valence-corrected chi connectivity index (χ0v) is 15.6. The molecule has 1 heterocycles. The fraction of sp³-hybridized carbons (Fsp3) is 0.444. The average Bonchev–Trinajstić information content (AvgIpc) is 2.54. The van der Waals surface area contributed by atoms with E-state index in [1.54, 1.807) is 36.1 Å². The Bertz CT molecular complexity index is 670. The predicted molar refractivity (Wildman–Crippen MR) is 95.2 cm³/mol. The first-order valence-corrected chi connectivity index (χ1v) is 8.46. The van der Waals surface area contributed by atoms with Gasteiger partial charge < -0.3 is 14.8 Å². The lowest BCUT2D eigenvalue weighted by Crippen LogP contribution is -2.50. The number of urea groups is 1. The predicted octanol–water partition coefficient (Wildman–Crippen LogP) is 3.28. The molecule has 2 rings (SSSR count). The summed E-state index contributed by atoms with van der Waals surface area (Å²) in [5.41, 5.74) is 1.76. The molecule has 1 aliphatic rings. The van der Waals surface area contributed by atoms with E-state index in [0.717, 1.165) is 5.56 Å². The van der Waals surface area contributed by atoms with Gasteiger partial charge in [0.2, 0.25) is 0 Å². The van der Waals surface area contributed by atoms with Gasteiger partial charge in [-0.15, -0.1) is 0 Å². The second kappa shape index (κ2) is 8.36. The van der Waals surface area contributed by atoms with Gasteiger partial charge in [0.1, 0.15) is 6.61 Å². The van der Waals surface area contributed by atoms with E-state index in [4.69, 9.17) is 21.1 Å². The maximum absolute atomic E-state index is 12.7. The van der Waals surface area contributed by atoms with Crippen LogP contribution in [0.3, 0.4) is 0 Å². The molecule has 1 atom stereocenters.